The van der Waals surface area contributed by atoms with Crippen molar-refractivity contribution >= 4 is 11.9 Å². The number of methoxy groups -OCH3 is 1. The zero-order chi connectivity index (χ0) is 12.0. The number of nitrogens with zero attached hydrogens (tertiary/aromatic N) is 1. The second-order valence-electron chi connectivity index (χ2n) is 3.12. The molecule has 0 aliphatic rings. The fourth-order valence-electron chi connectivity index (χ4n) is 1.09. The molecule has 0 fully saturated rings. The van der Waals surface area contributed by atoms with Crippen LogP contribution in [0.5, 0.6) is 0 Å². The number of benzene rings is 1. The van der Waals surface area contributed by atoms with Crippen molar-refractivity contribution in [2.45, 2.75) is 0 Å². The van der Waals surface area contributed by atoms with E-state index in [0.717, 1.165) is 0 Å². The maximum absolute atomic E-state index is 11.8. The Morgan fingerprint density at radius 2 is 1.88 bits per heavy atom. The molecule has 0 saturated carbocycles. The minimum absolute atomic E-state index is 0.180. The smallest absolute Gasteiger partial charge is 0.331 e. The first kappa shape index (κ1) is 12.0. The van der Waals surface area contributed by atoms with Gasteiger partial charge in [-0.25, -0.2) is 4.79 Å². The SMILES string of the molecule is COC(=O)/C=C/N(C)C(=O)c1ccccc1. The topological polar surface area (TPSA) is 46.6 Å². The number of rotatable bonds is 3. The summed E-state index contributed by atoms with van der Waals surface area (Å²) in [7, 11) is 2.86. The molecule has 84 valence electrons. The number of carbonyl (C=O) groups is 2. The van der Waals surface area contributed by atoms with Crippen molar-refractivity contribution in [2.75, 3.05) is 14.2 Å². The predicted molar refractivity (Wildman–Crippen MR) is 59.7 cm³/mol. The molecule has 0 unspecified atom stereocenters. The maximum atomic E-state index is 11.8. The van der Waals surface area contributed by atoms with Gasteiger partial charge in [-0.3, -0.25) is 4.79 Å². The molecule has 1 aromatic rings. The van der Waals surface area contributed by atoms with E-state index in [0.29, 0.717) is 5.56 Å². The number of hydrogen-bond donors (Lipinski definition) is 0. The first-order chi connectivity index (χ1) is 7.65. The van der Waals surface area contributed by atoms with Crippen LogP contribution in [0.4, 0.5) is 0 Å². The van der Waals surface area contributed by atoms with Crippen molar-refractivity contribution in [3.05, 3.63) is 48.2 Å². The van der Waals surface area contributed by atoms with E-state index in [4.69, 9.17) is 0 Å². The van der Waals surface area contributed by atoms with Gasteiger partial charge in [-0.2, -0.15) is 0 Å². The summed E-state index contributed by atoms with van der Waals surface area (Å²) in [5, 5.41) is 0. The van der Waals surface area contributed by atoms with Gasteiger partial charge in [0.15, 0.2) is 0 Å². The van der Waals surface area contributed by atoms with Gasteiger partial charge in [0, 0.05) is 24.9 Å². The van der Waals surface area contributed by atoms with Gasteiger partial charge in [0.05, 0.1) is 7.11 Å². The molecule has 4 nitrogen and oxygen atoms in total. The van der Waals surface area contributed by atoms with E-state index in [2.05, 4.69) is 4.74 Å². The van der Waals surface area contributed by atoms with Crippen LogP contribution in [0, 0.1) is 0 Å². The lowest BCUT2D eigenvalue weighted by Crippen LogP contribution is -2.21. The second kappa shape index (κ2) is 5.70. The van der Waals surface area contributed by atoms with E-state index < -0.39 is 5.97 Å². The summed E-state index contributed by atoms with van der Waals surface area (Å²) in [6, 6.07) is 8.83. The lowest BCUT2D eigenvalue weighted by atomic mass is 10.2. The molecule has 1 amide bonds. The highest BCUT2D eigenvalue weighted by Gasteiger charge is 2.08. The molecule has 0 saturated heterocycles. The normalized spacial score (nSPS) is 10.1. The molecule has 4 heteroatoms. The number of hydrogen-bond acceptors (Lipinski definition) is 3. The van der Waals surface area contributed by atoms with E-state index in [-0.39, 0.29) is 5.91 Å². The summed E-state index contributed by atoms with van der Waals surface area (Å²) in [5.74, 6) is -0.673. The van der Waals surface area contributed by atoms with E-state index in [1.54, 1.807) is 31.3 Å². The van der Waals surface area contributed by atoms with Gasteiger partial charge >= 0.3 is 5.97 Å². The van der Waals surface area contributed by atoms with Crippen LogP contribution in [0.3, 0.4) is 0 Å². The minimum atomic E-state index is -0.493. The Hall–Kier alpha value is -2.10. The molecule has 0 aliphatic carbocycles. The van der Waals surface area contributed by atoms with Gasteiger partial charge in [0.1, 0.15) is 0 Å². The average molecular weight is 219 g/mol. The fraction of sp³-hybridized carbons (Fsp3) is 0.167. The molecule has 16 heavy (non-hydrogen) atoms. The quantitative estimate of drug-likeness (QED) is 0.571. The molecule has 0 aliphatic heterocycles. The highest BCUT2D eigenvalue weighted by Crippen LogP contribution is 2.03. The molecule has 0 bridgehead atoms. The van der Waals surface area contributed by atoms with Crippen molar-refractivity contribution in [1.29, 1.82) is 0 Å². The van der Waals surface area contributed by atoms with Gasteiger partial charge in [-0.15, -0.1) is 0 Å². The first-order valence-electron chi connectivity index (χ1n) is 4.73. The minimum Gasteiger partial charge on any atom is -0.466 e. The van der Waals surface area contributed by atoms with Crippen LogP contribution in [0.2, 0.25) is 0 Å². The van der Waals surface area contributed by atoms with Crippen LogP contribution in [-0.2, 0) is 9.53 Å². The molecule has 0 N–H and O–H groups in total. The van der Waals surface area contributed by atoms with E-state index in [9.17, 15) is 9.59 Å². The van der Waals surface area contributed by atoms with Crippen molar-refractivity contribution < 1.29 is 14.3 Å². The molecule has 1 aromatic carbocycles. The maximum Gasteiger partial charge on any atom is 0.331 e. The summed E-state index contributed by atoms with van der Waals surface area (Å²) < 4.78 is 4.42. The number of carbonyl (C=O) groups excluding carboxylic acids is 2. The Labute approximate surface area is 94.1 Å². The number of esters is 1. The number of amides is 1. The predicted octanol–water partition coefficient (Wildman–Crippen LogP) is 1.45. The monoisotopic (exact) mass is 219 g/mol. The van der Waals surface area contributed by atoms with Gasteiger partial charge in [-0.05, 0) is 12.1 Å². The van der Waals surface area contributed by atoms with Gasteiger partial charge < -0.3 is 9.64 Å². The van der Waals surface area contributed by atoms with Crippen molar-refractivity contribution in [3.8, 4) is 0 Å². The van der Waals surface area contributed by atoms with E-state index >= 15 is 0 Å². The van der Waals surface area contributed by atoms with E-state index in [1.165, 1.54) is 24.3 Å². The lowest BCUT2D eigenvalue weighted by molar-refractivity contribution is -0.134. The third kappa shape index (κ3) is 3.24. The van der Waals surface area contributed by atoms with Crippen LogP contribution in [0.1, 0.15) is 10.4 Å². The second-order valence-corrected chi connectivity index (χ2v) is 3.12. The van der Waals surface area contributed by atoms with Crippen LogP contribution in [0.25, 0.3) is 0 Å². The van der Waals surface area contributed by atoms with Gasteiger partial charge in [-0.1, -0.05) is 18.2 Å². The fourth-order valence-corrected chi connectivity index (χ4v) is 1.09. The molecule has 0 aromatic heterocycles. The van der Waals surface area contributed by atoms with E-state index in [1.807, 2.05) is 6.07 Å². The van der Waals surface area contributed by atoms with Crippen LogP contribution in [-0.4, -0.2) is 30.9 Å². The van der Waals surface area contributed by atoms with Gasteiger partial charge in [0.2, 0.25) is 0 Å². The summed E-state index contributed by atoms with van der Waals surface area (Å²) >= 11 is 0. The summed E-state index contributed by atoms with van der Waals surface area (Å²) in [5.41, 5.74) is 0.569. The highest BCUT2D eigenvalue weighted by atomic mass is 16.5. The lowest BCUT2D eigenvalue weighted by Gasteiger charge is -2.11. The highest BCUT2D eigenvalue weighted by molar-refractivity contribution is 5.95. The van der Waals surface area contributed by atoms with Crippen LogP contribution >= 0.6 is 0 Å². The zero-order valence-electron chi connectivity index (χ0n) is 9.21. The zero-order valence-corrected chi connectivity index (χ0v) is 9.21. The first-order valence-corrected chi connectivity index (χ1v) is 4.73. The molecule has 1 rings (SSSR count). The standard InChI is InChI=1S/C12H13NO3/c1-13(9-8-11(14)16-2)12(15)10-6-4-3-5-7-10/h3-9H,1-2H3/b9-8+. The van der Waals surface area contributed by atoms with Crippen LogP contribution in [0.15, 0.2) is 42.6 Å². The summed E-state index contributed by atoms with van der Waals surface area (Å²) in [6.07, 6.45) is 2.57. The Morgan fingerprint density at radius 1 is 1.25 bits per heavy atom. The summed E-state index contributed by atoms with van der Waals surface area (Å²) in [4.78, 5) is 23.9. The number of ether oxygens (including phenoxy) is 1. The Morgan fingerprint density at radius 3 is 2.44 bits per heavy atom. The largest absolute Gasteiger partial charge is 0.466 e. The van der Waals surface area contributed by atoms with Crippen LogP contribution < -0.4 is 0 Å². The summed E-state index contributed by atoms with van der Waals surface area (Å²) in [6.45, 7) is 0. The Balaban J connectivity index is 2.69. The Kier molecular flexibility index (Phi) is 4.27. The molecule has 0 atom stereocenters. The van der Waals surface area contributed by atoms with Gasteiger partial charge in [0.25, 0.3) is 5.91 Å². The Bertz CT molecular complexity index is 398. The third-order valence-corrected chi connectivity index (χ3v) is 1.98. The molecule has 0 spiro atoms. The van der Waals surface area contributed by atoms with Crippen molar-refractivity contribution in [3.63, 3.8) is 0 Å². The molecule has 0 heterocycles. The third-order valence-electron chi connectivity index (χ3n) is 1.98. The molecular formula is C12H13NO3. The average Bonchev–Trinajstić information content (AvgIpc) is 2.35. The molecular weight excluding hydrogens is 206 g/mol. The van der Waals surface area contributed by atoms with Crippen molar-refractivity contribution in [1.82, 2.24) is 4.90 Å². The van der Waals surface area contributed by atoms with Crippen molar-refractivity contribution in [2.24, 2.45) is 0 Å². The molecule has 0 radical (unpaired) electrons.